The van der Waals surface area contributed by atoms with Crippen molar-refractivity contribution in [3.8, 4) is 11.5 Å². The fourth-order valence-corrected chi connectivity index (χ4v) is 1.77. The van der Waals surface area contributed by atoms with Gasteiger partial charge in [0.25, 0.3) is 0 Å². The van der Waals surface area contributed by atoms with Crippen LogP contribution >= 0.6 is 15.9 Å². The molecule has 0 aliphatic carbocycles. The second-order valence-electron chi connectivity index (χ2n) is 2.78. The van der Waals surface area contributed by atoms with E-state index in [2.05, 4.69) is 21.4 Å². The lowest BCUT2D eigenvalue weighted by molar-refractivity contribution is 0.0856. The zero-order valence-electron chi connectivity index (χ0n) is 7.67. The summed E-state index contributed by atoms with van der Waals surface area (Å²) in [6, 6.07) is 3.81. The van der Waals surface area contributed by atoms with Crippen molar-refractivity contribution < 1.29 is 14.3 Å². The number of hydrogen-bond donors (Lipinski definition) is 1. The molecule has 1 heterocycles. The third-order valence-electron chi connectivity index (χ3n) is 1.98. The van der Waals surface area contributed by atoms with E-state index in [9.17, 15) is 0 Å². The molecule has 0 aromatic heterocycles. The minimum atomic E-state index is 0.284. The van der Waals surface area contributed by atoms with Gasteiger partial charge in [-0.25, -0.2) is 0 Å². The number of hydroxylamine groups is 1. The van der Waals surface area contributed by atoms with E-state index in [1.807, 2.05) is 12.1 Å². The maximum atomic E-state index is 5.36. The number of hydrogen-bond acceptors (Lipinski definition) is 4. The lowest BCUT2D eigenvalue weighted by atomic mass is 10.2. The largest absolute Gasteiger partial charge is 0.454 e. The van der Waals surface area contributed by atoms with Gasteiger partial charge in [-0.1, -0.05) is 15.9 Å². The van der Waals surface area contributed by atoms with E-state index in [-0.39, 0.29) is 6.79 Å². The van der Waals surface area contributed by atoms with Crippen molar-refractivity contribution in [1.29, 1.82) is 0 Å². The van der Waals surface area contributed by atoms with Crippen LogP contribution in [0.5, 0.6) is 11.5 Å². The van der Waals surface area contributed by atoms with Gasteiger partial charge in [-0.15, -0.1) is 0 Å². The lowest BCUT2D eigenvalue weighted by Gasteiger charge is -2.08. The zero-order valence-corrected chi connectivity index (χ0v) is 9.26. The molecule has 0 saturated carbocycles. The van der Waals surface area contributed by atoms with E-state index < -0.39 is 0 Å². The van der Waals surface area contributed by atoms with Gasteiger partial charge < -0.3 is 14.3 Å². The van der Waals surface area contributed by atoms with Crippen LogP contribution < -0.4 is 15.0 Å². The first-order chi connectivity index (χ1) is 6.83. The molecular weight excluding hydrogens is 250 g/mol. The monoisotopic (exact) mass is 259 g/mol. The van der Waals surface area contributed by atoms with Crippen LogP contribution in [0, 0.1) is 0 Å². The second kappa shape index (κ2) is 4.16. The molecule has 76 valence electrons. The van der Waals surface area contributed by atoms with Gasteiger partial charge in [0.1, 0.15) is 0 Å². The molecule has 1 aromatic rings. The lowest BCUT2D eigenvalue weighted by Crippen LogP contribution is -2.11. The molecule has 0 spiro atoms. The molecule has 14 heavy (non-hydrogen) atoms. The van der Waals surface area contributed by atoms with Gasteiger partial charge in [0, 0.05) is 10.0 Å². The summed E-state index contributed by atoms with van der Waals surface area (Å²) >= 11 is 3.45. The Hall–Kier alpha value is -0.780. The quantitative estimate of drug-likeness (QED) is 0.841. The number of halogens is 1. The van der Waals surface area contributed by atoms with Crippen molar-refractivity contribution in [2.24, 2.45) is 0 Å². The summed E-state index contributed by atoms with van der Waals surface area (Å²) in [7, 11) is 1.58. The van der Waals surface area contributed by atoms with Crippen LogP contribution in [-0.2, 0) is 11.4 Å². The summed E-state index contributed by atoms with van der Waals surface area (Å²) in [5, 5.41) is 0. The molecule has 0 saturated heterocycles. The second-order valence-corrected chi connectivity index (χ2v) is 3.64. The highest BCUT2D eigenvalue weighted by molar-refractivity contribution is 9.10. The van der Waals surface area contributed by atoms with E-state index in [1.165, 1.54) is 0 Å². The summed E-state index contributed by atoms with van der Waals surface area (Å²) < 4.78 is 11.6. The Labute approximate surface area is 90.2 Å². The van der Waals surface area contributed by atoms with Crippen LogP contribution in [0.15, 0.2) is 16.6 Å². The maximum absolute atomic E-state index is 5.36. The minimum Gasteiger partial charge on any atom is -0.454 e. The molecule has 5 heteroatoms. The van der Waals surface area contributed by atoms with Gasteiger partial charge in [0.05, 0.1) is 13.7 Å². The number of fused-ring (bicyclic) bond motifs is 1. The minimum absolute atomic E-state index is 0.284. The third-order valence-corrected chi connectivity index (χ3v) is 2.72. The maximum Gasteiger partial charge on any atom is 0.231 e. The predicted molar refractivity (Wildman–Crippen MR) is 54.1 cm³/mol. The van der Waals surface area contributed by atoms with Crippen molar-refractivity contribution in [2.75, 3.05) is 13.9 Å². The fraction of sp³-hybridized carbons (Fsp3) is 0.333. The number of benzene rings is 1. The molecule has 0 amide bonds. The SMILES string of the molecule is CONCc1c(Br)ccc2c1OCO2. The molecule has 0 radical (unpaired) electrons. The number of nitrogens with one attached hydrogen (secondary N) is 1. The van der Waals surface area contributed by atoms with Gasteiger partial charge >= 0.3 is 0 Å². The van der Waals surface area contributed by atoms with Gasteiger partial charge in [-0.3, -0.25) is 0 Å². The summed E-state index contributed by atoms with van der Waals surface area (Å²) in [6.45, 7) is 0.857. The molecule has 1 aromatic carbocycles. The highest BCUT2D eigenvalue weighted by Crippen LogP contribution is 2.39. The Morgan fingerprint density at radius 2 is 2.36 bits per heavy atom. The molecule has 0 unspecified atom stereocenters. The van der Waals surface area contributed by atoms with Crippen molar-refractivity contribution in [3.63, 3.8) is 0 Å². The Morgan fingerprint density at radius 1 is 1.50 bits per heavy atom. The van der Waals surface area contributed by atoms with Gasteiger partial charge in [0.15, 0.2) is 11.5 Å². The summed E-state index contributed by atoms with van der Waals surface area (Å²) in [6.07, 6.45) is 0. The molecule has 2 rings (SSSR count). The Morgan fingerprint density at radius 3 is 3.14 bits per heavy atom. The zero-order chi connectivity index (χ0) is 9.97. The third kappa shape index (κ3) is 1.70. The Balaban J connectivity index is 2.31. The van der Waals surface area contributed by atoms with E-state index in [4.69, 9.17) is 14.3 Å². The number of rotatable bonds is 3. The van der Waals surface area contributed by atoms with E-state index in [0.29, 0.717) is 6.54 Å². The van der Waals surface area contributed by atoms with Crippen molar-refractivity contribution in [2.45, 2.75) is 6.54 Å². The Kier molecular flexibility index (Phi) is 2.90. The first-order valence-electron chi connectivity index (χ1n) is 4.15. The van der Waals surface area contributed by atoms with Crippen LogP contribution in [-0.4, -0.2) is 13.9 Å². The molecule has 0 fully saturated rings. The fourth-order valence-electron chi connectivity index (χ4n) is 1.32. The van der Waals surface area contributed by atoms with Crippen LogP contribution in [0.2, 0.25) is 0 Å². The van der Waals surface area contributed by atoms with E-state index in [1.54, 1.807) is 7.11 Å². The molecule has 1 aliphatic heterocycles. The summed E-state index contributed by atoms with van der Waals surface area (Å²) in [4.78, 5) is 4.79. The van der Waals surface area contributed by atoms with E-state index >= 15 is 0 Å². The average molecular weight is 260 g/mol. The normalized spacial score (nSPS) is 13.3. The number of ether oxygens (including phenoxy) is 2. The first-order valence-corrected chi connectivity index (χ1v) is 4.95. The van der Waals surface area contributed by atoms with Gasteiger partial charge in [0.2, 0.25) is 6.79 Å². The van der Waals surface area contributed by atoms with E-state index in [0.717, 1.165) is 21.5 Å². The molecular formula is C9H10BrNO3. The van der Waals surface area contributed by atoms with Gasteiger partial charge in [-0.2, -0.15) is 5.48 Å². The first kappa shape index (κ1) is 9.76. The highest BCUT2D eigenvalue weighted by atomic mass is 79.9. The van der Waals surface area contributed by atoms with Crippen molar-refractivity contribution >= 4 is 15.9 Å². The molecule has 0 atom stereocenters. The van der Waals surface area contributed by atoms with Crippen molar-refractivity contribution in [1.82, 2.24) is 5.48 Å². The van der Waals surface area contributed by atoms with Crippen molar-refractivity contribution in [3.05, 3.63) is 22.2 Å². The molecule has 0 bridgehead atoms. The topological polar surface area (TPSA) is 39.7 Å². The summed E-state index contributed by atoms with van der Waals surface area (Å²) in [5.74, 6) is 1.56. The summed E-state index contributed by atoms with van der Waals surface area (Å²) in [5.41, 5.74) is 3.77. The molecule has 1 N–H and O–H groups in total. The standard InChI is InChI=1S/C9H10BrNO3/c1-12-11-4-6-7(10)2-3-8-9(6)14-5-13-8/h2-3,11H,4-5H2,1H3. The van der Waals surface area contributed by atoms with Crippen LogP contribution in [0.4, 0.5) is 0 Å². The average Bonchev–Trinajstić information content (AvgIpc) is 2.64. The predicted octanol–water partition coefficient (Wildman–Crippen LogP) is 1.83. The van der Waals surface area contributed by atoms with Crippen LogP contribution in [0.1, 0.15) is 5.56 Å². The molecule has 1 aliphatic rings. The Bertz CT molecular complexity index is 343. The van der Waals surface area contributed by atoms with Gasteiger partial charge in [-0.05, 0) is 12.1 Å². The van der Waals surface area contributed by atoms with Crippen LogP contribution in [0.25, 0.3) is 0 Å². The van der Waals surface area contributed by atoms with Crippen LogP contribution in [0.3, 0.4) is 0 Å². The smallest absolute Gasteiger partial charge is 0.231 e. The highest BCUT2D eigenvalue weighted by Gasteiger charge is 2.19. The molecule has 4 nitrogen and oxygen atoms in total.